The number of nitrogens with zero attached hydrogens (tertiary/aromatic N) is 2. The smallest absolute Gasteiger partial charge is 0.321 e. The zero-order valence-corrected chi connectivity index (χ0v) is 18.9. The number of benzene rings is 1. The van der Waals surface area contributed by atoms with Crippen molar-refractivity contribution in [3.05, 3.63) is 29.8 Å². The number of hydrogen-bond acceptors (Lipinski definition) is 4. The van der Waals surface area contributed by atoms with Gasteiger partial charge in [0.1, 0.15) is 0 Å². The third kappa shape index (κ3) is 4.19. The number of nitrogens with one attached hydrogen (secondary N) is 2. The number of amides is 3. The van der Waals surface area contributed by atoms with Crippen molar-refractivity contribution in [2.45, 2.75) is 64.0 Å². The van der Waals surface area contributed by atoms with E-state index in [9.17, 15) is 9.59 Å². The molecule has 0 unspecified atom stereocenters. The third-order valence-electron chi connectivity index (χ3n) is 8.35. The normalized spacial score (nSPS) is 33.2. The maximum absolute atomic E-state index is 12.8. The van der Waals surface area contributed by atoms with E-state index in [1.54, 1.807) is 0 Å². The molecule has 1 aliphatic heterocycles. The predicted molar refractivity (Wildman–Crippen MR) is 122 cm³/mol. The fourth-order valence-electron chi connectivity index (χ4n) is 7.19. The molecule has 4 aliphatic carbocycles. The summed E-state index contributed by atoms with van der Waals surface area (Å²) < 4.78 is 0. The second kappa shape index (κ2) is 8.12. The molecule has 168 valence electrons. The number of anilines is 1. The Bertz CT molecular complexity index is 810. The van der Waals surface area contributed by atoms with Gasteiger partial charge < -0.3 is 10.2 Å². The van der Waals surface area contributed by atoms with E-state index in [0.717, 1.165) is 63.2 Å². The summed E-state index contributed by atoms with van der Waals surface area (Å²) >= 11 is 0. The van der Waals surface area contributed by atoms with Gasteiger partial charge >= 0.3 is 6.03 Å². The standard InChI is InChI=1S/C25H36N4O2/c1-17-5-3-4-6-22(17)29-9-7-28(8-10-29)18(2)23(30)26-24(31)27-25-14-19-11-20(15-25)13-21(12-19)16-25/h3-6,18-21H,7-16H2,1-2H3,(H2,26,27,30,31)/t18-,19?,20?,21?,25?/m0/s1. The van der Waals surface area contributed by atoms with E-state index < -0.39 is 0 Å². The van der Waals surface area contributed by atoms with Crippen LogP contribution in [0.1, 0.15) is 51.0 Å². The van der Waals surface area contributed by atoms with Gasteiger partial charge in [-0.1, -0.05) is 18.2 Å². The lowest BCUT2D eigenvalue weighted by molar-refractivity contribution is -0.125. The average molecular weight is 425 g/mol. The van der Waals surface area contributed by atoms with Gasteiger partial charge in [-0.05, 0) is 81.8 Å². The summed E-state index contributed by atoms with van der Waals surface area (Å²) in [6.07, 6.45) is 7.30. The molecule has 1 aromatic rings. The highest BCUT2D eigenvalue weighted by molar-refractivity contribution is 5.97. The molecule has 3 amide bonds. The predicted octanol–water partition coefficient (Wildman–Crippen LogP) is 3.30. The SMILES string of the molecule is Cc1ccccc1N1CCN([C@@H](C)C(=O)NC(=O)NC23CC4CC(CC(C4)C2)C3)CC1. The number of carbonyl (C=O) groups is 2. The van der Waals surface area contributed by atoms with Crippen molar-refractivity contribution in [1.82, 2.24) is 15.5 Å². The Balaban J connectivity index is 1.12. The summed E-state index contributed by atoms with van der Waals surface area (Å²) in [4.78, 5) is 30.1. The van der Waals surface area contributed by atoms with Crippen LogP contribution in [0.2, 0.25) is 0 Å². The van der Waals surface area contributed by atoms with Crippen molar-refractivity contribution >= 4 is 17.6 Å². The molecule has 5 aliphatic rings. The maximum atomic E-state index is 12.8. The number of para-hydroxylation sites is 1. The lowest BCUT2D eigenvalue weighted by Gasteiger charge is -2.56. The highest BCUT2D eigenvalue weighted by atomic mass is 16.2. The first kappa shape index (κ1) is 20.8. The van der Waals surface area contributed by atoms with Gasteiger partial charge in [0, 0.05) is 37.4 Å². The Labute approximate surface area is 185 Å². The van der Waals surface area contributed by atoms with E-state index in [1.165, 1.54) is 30.5 Å². The summed E-state index contributed by atoms with van der Waals surface area (Å²) in [5.74, 6) is 2.12. The lowest BCUT2D eigenvalue weighted by Crippen LogP contribution is -2.63. The van der Waals surface area contributed by atoms with Crippen LogP contribution in [0.5, 0.6) is 0 Å². The van der Waals surface area contributed by atoms with Crippen molar-refractivity contribution in [2.24, 2.45) is 17.8 Å². The van der Waals surface area contributed by atoms with Crippen LogP contribution in [-0.2, 0) is 4.79 Å². The zero-order chi connectivity index (χ0) is 21.6. The van der Waals surface area contributed by atoms with Gasteiger partial charge in [-0.3, -0.25) is 15.0 Å². The fraction of sp³-hybridized carbons (Fsp3) is 0.680. The van der Waals surface area contributed by atoms with E-state index in [-0.39, 0.29) is 23.5 Å². The third-order valence-corrected chi connectivity index (χ3v) is 8.35. The second-order valence-electron chi connectivity index (χ2n) is 10.6. The molecule has 5 fully saturated rings. The minimum atomic E-state index is -0.305. The monoisotopic (exact) mass is 424 g/mol. The zero-order valence-electron chi connectivity index (χ0n) is 18.9. The van der Waals surface area contributed by atoms with E-state index >= 15 is 0 Å². The second-order valence-corrected chi connectivity index (χ2v) is 10.6. The molecule has 6 rings (SSSR count). The minimum absolute atomic E-state index is 0.0679. The molecule has 6 heteroatoms. The summed E-state index contributed by atoms with van der Waals surface area (Å²) in [5, 5.41) is 5.91. The molecule has 1 heterocycles. The molecule has 6 nitrogen and oxygen atoms in total. The van der Waals surface area contributed by atoms with Crippen molar-refractivity contribution in [1.29, 1.82) is 0 Å². The van der Waals surface area contributed by atoms with Gasteiger partial charge in [0.05, 0.1) is 6.04 Å². The van der Waals surface area contributed by atoms with Crippen LogP contribution >= 0.6 is 0 Å². The molecule has 1 aromatic carbocycles. The lowest BCUT2D eigenvalue weighted by atomic mass is 9.53. The van der Waals surface area contributed by atoms with Gasteiger partial charge in [0.2, 0.25) is 5.91 Å². The van der Waals surface area contributed by atoms with Crippen LogP contribution in [0.15, 0.2) is 24.3 Å². The first-order chi connectivity index (χ1) is 14.9. The number of aryl methyl sites for hydroxylation is 1. The molecule has 0 aromatic heterocycles. The van der Waals surface area contributed by atoms with Gasteiger partial charge in [0.15, 0.2) is 0 Å². The highest BCUT2D eigenvalue weighted by Gasteiger charge is 2.51. The van der Waals surface area contributed by atoms with Crippen LogP contribution in [0, 0.1) is 24.7 Å². The number of hydrogen-bond donors (Lipinski definition) is 2. The van der Waals surface area contributed by atoms with Crippen molar-refractivity contribution in [2.75, 3.05) is 31.1 Å². The number of rotatable bonds is 4. The van der Waals surface area contributed by atoms with Crippen LogP contribution < -0.4 is 15.5 Å². The Hall–Kier alpha value is -2.08. The van der Waals surface area contributed by atoms with E-state index in [2.05, 4.69) is 51.6 Å². The van der Waals surface area contributed by atoms with E-state index in [4.69, 9.17) is 0 Å². The van der Waals surface area contributed by atoms with Crippen LogP contribution in [0.25, 0.3) is 0 Å². The van der Waals surface area contributed by atoms with Gasteiger partial charge in [-0.15, -0.1) is 0 Å². The molecule has 0 radical (unpaired) electrons. The Morgan fingerprint density at radius 2 is 1.55 bits per heavy atom. The summed E-state index contributed by atoms with van der Waals surface area (Å²) in [5.41, 5.74) is 2.49. The van der Waals surface area contributed by atoms with E-state index in [0.29, 0.717) is 0 Å². The van der Waals surface area contributed by atoms with Gasteiger partial charge in [0.25, 0.3) is 0 Å². The Morgan fingerprint density at radius 3 is 2.13 bits per heavy atom. The van der Waals surface area contributed by atoms with Crippen LogP contribution in [0.3, 0.4) is 0 Å². The summed E-state index contributed by atoms with van der Waals surface area (Å²) in [6.45, 7) is 7.47. The molecule has 1 saturated heterocycles. The largest absolute Gasteiger partial charge is 0.369 e. The topological polar surface area (TPSA) is 64.7 Å². The summed E-state index contributed by atoms with van der Waals surface area (Å²) in [7, 11) is 0. The Morgan fingerprint density at radius 1 is 0.968 bits per heavy atom. The van der Waals surface area contributed by atoms with Crippen molar-refractivity contribution < 1.29 is 9.59 Å². The summed E-state index contributed by atoms with van der Waals surface area (Å²) in [6, 6.07) is 7.85. The number of carbonyl (C=O) groups excluding carboxylic acids is 2. The van der Waals surface area contributed by atoms with Gasteiger partial charge in [-0.2, -0.15) is 0 Å². The molecule has 2 N–H and O–H groups in total. The van der Waals surface area contributed by atoms with Crippen LogP contribution in [-0.4, -0.2) is 54.6 Å². The quantitative estimate of drug-likeness (QED) is 0.778. The number of urea groups is 1. The molecule has 4 bridgehead atoms. The highest BCUT2D eigenvalue weighted by Crippen LogP contribution is 2.55. The first-order valence-corrected chi connectivity index (χ1v) is 12.1. The van der Waals surface area contributed by atoms with E-state index in [1.807, 2.05) is 6.92 Å². The Kier molecular flexibility index (Phi) is 5.45. The maximum Gasteiger partial charge on any atom is 0.321 e. The van der Waals surface area contributed by atoms with Crippen molar-refractivity contribution in [3.8, 4) is 0 Å². The molecular weight excluding hydrogens is 388 g/mol. The average Bonchev–Trinajstić information content (AvgIpc) is 2.72. The van der Waals surface area contributed by atoms with Gasteiger partial charge in [-0.25, -0.2) is 4.79 Å². The van der Waals surface area contributed by atoms with Crippen molar-refractivity contribution in [3.63, 3.8) is 0 Å². The van der Waals surface area contributed by atoms with Crippen LogP contribution in [0.4, 0.5) is 10.5 Å². The number of imide groups is 1. The molecule has 4 saturated carbocycles. The number of piperazine rings is 1. The molecule has 1 atom stereocenters. The molecular formula is C25H36N4O2. The first-order valence-electron chi connectivity index (χ1n) is 12.1. The molecule has 0 spiro atoms. The molecule has 31 heavy (non-hydrogen) atoms. The minimum Gasteiger partial charge on any atom is -0.369 e. The fourth-order valence-corrected chi connectivity index (χ4v) is 7.19.